The van der Waals surface area contributed by atoms with Crippen molar-refractivity contribution < 1.29 is 14.3 Å². The molecule has 1 aliphatic carbocycles. The Bertz CT molecular complexity index is 770. The molecule has 0 radical (unpaired) electrons. The van der Waals surface area contributed by atoms with Gasteiger partial charge < -0.3 is 10.1 Å². The third-order valence-corrected chi connectivity index (χ3v) is 5.84. The molecular formula is C21H28N2O3S. The van der Waals surface area contributed by atoms with Crippen molar-refractivity contribution >= 4 is 33.4 Å². The van der Waals surface area contributed by atoms with Crippen LogP contribution >= 0.6 is 11.3 Å². The lowest BCUT2D eigenvalue weighted by Gasteiger charge is -2.30. The highest BCUT2D eigenvalue weighted by molar-refractivity contribution is 7.18. The SMILES string of the molecule is CC(C)(C)OC(=O)NC(C(=O)Cc1nc2ccccc2s1)C1CCCCC1. The van der Waals surface area contributed by atoms with Crippen molar-refractivity contribution in [2.24, 2.45) is 5.92 Å². The van der Waals surface area contributed by atoms with E-state index in [2.05, 4.69) is 10.3 Å². The molecule has 1 unspecified atom stereocenters. The molecule has 1 aromatic carbocycles. The number of carbonyl (C=O) groups excluding carboxylic acids is 2. The van der Waals surface area contributed by atoms with Crippen LogP contribution in [0.3, 0.4) is 0 Å². The Kier molecular flexibility index (Phi) is 6.15. The summed E-state index contributed by atoms with van der Waals surface area (Å²) in [5, 5.41) is 3.66. The Hall–Kier alpha value is -1.95. The summed E-state index contributed by atoms with van der Waals surface area (Å²) in [6.07, 6.45) is 5.06. The molecular weight excluding hydrogens is 360 g/mol. The fourth-order valence-corrected chi connectivity index (χ4v) is 4.59. The summed E-state index contributed by atoms with van der Waals surface area (Å²) >= 11 is 1.54. The molecule has 1 heterocycles. The Balaban J connectivity index is 1.73. The van der Waals surface area contributed by atoms with Gasteiger partial charge in [0, 0.05) is 0 Å². The summed E-state index contributed by atoms with van der Waals surface area (Å²) in [6.45, 7) is 5.47. The predicted molar refractivity (Wildman–Crippen MR) is 108 cm³/mol. The zero-order valence-electron chi connectivity index (χ0n) is 16.3. The number of thiazole rings is 1. The van der Waals surface area contributed by atoms with Gasteiger partial charge >= 0.3 is 6.09 Å². The van der Waals surface area contributed by atoms with Gasteiger partial charge in [-0.15, -0.1) is 11.3 Å². The standard InChI is InChI=1S/C21H28N2O3S/c1-21(2,3)26-20(25)23-19(14-9-5-4-6-10-14)16(24)13-18-22-15-11-7-8-12-17(15)27-18/h7-8,11-12,14,19H,4-6,9-10,13H2,1-3H3,(H,23,25). The Morgan fingerprint density at radius 3 is 2.59 bits per heavy atom. The molecule has 1 atom stereocenters. The largest absolute Gasteiger partial charge is 0.444 e. The fourth-order valence-electron chi connectivity index (χ4n) is 3.62. The number of Topliss-reactive ketones (excluding diaryl/α,β-unsaturated/α-hetero) is 1. The minimum absolute atomic E-state index is 0.0202. The first kappa shape index (κ1) is 19.8. The van der Waals surface area contributed by atoms with Crippen molar-refractivity contribution in [2.75, 3.05) is 0 Å². The van der Waals surface area contributed by atoms with Crippen LogP contribution < -0.4 is 5.32 Å². The number of para-hydroxylation sites is 1. The highest BCUT2D eigenvalue weighted by Gasteiger charge is 2.32. The van der Waals surface area contributed by atoms with E-state index >= 15 is 0 Å². The van der Waals surface area contributed by atoms with Gasteiger partial charge in [0.25, 0.3) is 0 Å². The summed E-state index contributed by atoms with van der Waals surface area (Å²) in [5.41, 5.74) is 0.330. The molecule has 0 saturated heterocycles. The highest BCUT2D eigenvalue weighted by atomic mass is 32.1. The average Bonchev–Trinajstić information content (AvgIpc) is 3.01. The third kappa shape index (κ3) is 5.51. The van der Waals surface area contributed by atoms with Crippen molar-refractivity contribution in [3.63, 3.8) is 0 Å². The van der Waals surface area contributed by atoms with E-state index in [0.717, 1.165) is 40.9 Å². The van der Waals surface area contributed by atoms with Gasteiger partial charge in [-0.2, -0.15) is 0 Å². The first-order valence-electron chi connectivity index (χ1n) is 9.68. The van der Waals surface area contributed by atoms with E-state index in [1.54, 1.807) is 11.3 Å². The van der Waals surface area contributed by atoms with E-state index in [1.807, 2.05) is 45.0 Å². The number of hydrogen-bond acceptors (Lipinski definition) is 5. The molecule has 1 amide bonds. The summed E-state index contributed by atoms with van der Waals surface area (Å²) < 4.78 is 6.47. The first-order chi connectivity index (χ1) is 12.8. The topological polar surface area (TPSA) is 68.3 Å². The molecule has 3 rings (SSSR count). The average molecular weight is 389 g/mol. The number of benzene rings is 1. The van der Waals surface area contributed by atoms with Crippen molar-refractivity contribution in [3.05, 3.63) is 29.3 Å². The summed E-state index contributed by atoms with van der Waals surface area (Å²) in [6, 6.07) is 7.38. The summed E-state index contributed by atoms with van der Waals surface area (Å²) in [5.74, 6) is 0.194. The Morgan fingerprint density at radius 2 is 1.93 bits per heavy atom. The lowest BCUT2D eigenvalue weighted by atomic mass is 9.82. The van der Waals surface area contributed by atoms with Gasteiger partial charge in [-0.1, -0.05) is 31.4 Å². The van der Waals surface area contributed by atoms with Gasteiger partial charge in [0.15, 0.2) is 5.78 Å². The number of nitrogens with one attached hydrogen (secondary N) is 1. The van der Waals surface area contributed by atoms with Gasteiger partial charge in [-0.25, -0.2) is 9.78 Å². The molecule has 0 aliphatic heterocycles. The monoisotopic (exact) mass is 388 g/mol. The number of rotatable bonds is 5. The Labute approximate surface area is 164 Å². The fraction of sp³-hybridized carbons (Fsp3) is 0.571. The van der Waals surface area contributed by atoms with Crippen LogP contribution in [0.25, 0.3) is 10.2 Å². The predicted octanol–water partition coefficient (Wildman–Crippen LogP) is 4.88. The zero-order valence-corrected chi connectivity index (χ0v) is 17.1. The number of ether oxygens (including phenoxy) is 1. The first-order valence-corrected chi connectivity index (χ1v) is 10.5. The molecule has 6 heteroatoms. The van der Waals surface area contributed by atoms with Gasteiger partial charge in [0.05, 0.1) is 22.7 Å². The number of amides is 1. The van der Waals surface area contributed by atoms with E-state index < -0.39 is 17.7 Å². The quantitative estimate of drug-likeness (QED) is 0.792. The van der Waals surface area contributed by atoms with Gasteiger partial charge in [-0.3, -0.25) is 4.79 Å². The number of alkyl carbamates (subject to hydrolysis) is 1. The molecule has 1 aromatic heterocycles. The van der Waals surface area contributed by atoms with E-state index in [4.69, 9.17) is 4.74 Å². The second-order valence-electron chi connectivity index (χ2n) is 8.24. The normalized spacial score (nSPS) is 16.9. The van der Waals surface area contributed by atoms with Crippen LogP contribution in [-0.4, -0.2) is 28.5 Å². The molecule has 27 heavy (non-hydrogen) atoms. The van der Waals surface area contributed by atoms with Crippen molar-refractivity contribution in [3.8, 4) is 0 Å². The second-order valence-corrected chi connectivity index (χ2v) is 9.36. The lowest BCUT2D eigenvalue weighted by Crippen LogP contribution is -2.48. The van der Waals surface area contributed by atoms with E-state index in [1.165, 1.54) is 6.42 Å². The number of fused-ring (bicyclic) bond motifs is 1. The van der Waals surface area contributed by atoms with Gasteiger partial charge in [-0.05, 0) is 51.7 Å². The van der Waals surface area contributed by atoms with E-state index in [-0.39, 0.29) is 18.1 Å². The number of hydrogen-bond donors (Lipinski definition) is 1. The molecule has 146 valence electrons. The highest BCUT2D eigenvalue weighted by Crippen LogP contribution is 2.29. The van der Waals surface area contributed by atoms with Crippen LogP contribution in [0.2, 0.25) is 0 Å². The molecule has 2 aromatic rings. The van der Waals surface area contributed by atoms with Gasteiger partial charge in [0.2, 0.25) is 0 Å². The van der Waals surface area contributed by atoms with Crippen LogP contribution in [0.15, 0.2) is 24.3 Å². The number of carbonyl (C=O) groups is 2. The van der Waals surface area contributed by atoms with E-state index in [0.29, 0.717) is 0 Å². The third-order valence-electron chi connectivity index (χ3n) is 4.80. The molecule has 1 aliphatic rings. The molecule has 1 N–H and O–H groups in total. The summed E-state index contributed by atoms with van der Waals surface area (Å²) in [4.78, 5) is 30.0. The van der Waals surface area contributed by atoms with Crippen LogP contribution in [0.4, 0.5) is 4.79 Å². The summed E-state index contributed by atoms with van der Waals surface area (Å²) in [7, 11) is 0. The van der Waals surface area contributed by atoms with Crippen LogP contribution in [0.5, 0.6) is 0 Å². The van der Waals surface area contributed by atoms with Crippen molar-refractivity contribution in [1.29, 1.82) is 0 Å². The van der Waals surface area contributed by atoms with Crippen LogP contribution in [0, 0.1) is 5.92 Å². The zero-order chi connectivity index (χ0) is 19.4. The molecule has 0 bridgehead atoms. The van der Waals surface area contributed by atoms with Crippen LogP contribution in [0.1, 0.15) is 57.9 Å². The maximum Gasteiger partial charge on any atom is 0.408 e. The van der Waals surface area contributed by atoms with Crippen LogP contribution in [-0.2, 0) is 16.0 Å². The maximum absolute atomic E-state index is 13.1. The number of aromatic nitrogens is 1. The lowest BCUT2D eigenvalue weighted by molar-refractivity contribution is -0.122. The number of ketones is 1. The Morgan fingerprint density at radius 1 is 1.22 bits per heavy atom. The smallest absolute Gasteiger partial charge is 0.408 e. The van der Waals surface area contributed by atoms with Crippen molar-refractivity contribution in [1.82, 2.24) is 10.3 Å². The minimum atomic E-state index is -0.586. The second kappa shape index (κ2) is 8.38. The molecule has 0 spiro atoms. The number of nitrogens with zero attached hydrogens (tertiary/aromatic N) is 1. The molecule has 5 nitrogen and oxygen atoms in total. The molecule has 1 saturated carbocycles. The van der Waals surface area contributed by atoms with Gasteiger partial charge in [0.1, 0.15) is 10.6 Å². The van der Waals surface area contributed by atoms with E-state index in [9.17, 15) is 9.59 Å². The minimum Gasteiger partial charge on any atom is -0.444 e. The molecule has 1 fully saturated rings. The van der Waals surface area contributed by atoms with Crippen molar-refractivity contribution in [2.45, 2.75) is 70.9 Å². The maximum atomic E-state index is 13.1.